The predicted octanol–water partition coefficient (Wildman–Crippen LogP) is 3.29. The molecule has 0 unspecified atom stereocenters. The van der Waals surface area contributed by atoms with Gasteiger partial charge in [0.1, 0.15) is 17.1 Å². The van der Waals surface area contributed by atoms with Gasteiger partial charge in [0.05, 0.1) is 0 Å². The van der Waals surface area contributed by atoms with E-state index in [0.717, 1.165) is 10.9 Å². The first-order valence-corrected chi connectivity index (χ1v) is 7.91. The Balaban J connectivity index is 1.64. The molecule has 0 aliphatic rings. The van der Waals surface area contributed by atoms with Crippen molar-refractivity contribution in [2.45, 2.75) is 13.8 Å². The highest BCUT2D eigenvalue weighted by molar-refractivity contribution is 5.94. The molecule has 0 aliphatic heterocycles. The van der Waals surface area contributed by atoms with Gasteiger partial charge in [0.15, 0.2) is 12.4 Å². The molecular formula is C20H16O6. The zero-order valence-corrected chi connectivity index (χ0v) is 14.3. The van der Waals surface area contributed by atoms with E-state index in [1.165, 1.54) is 13.0 Å². The topological polar surface area (TPSA) is 82.8 Å². The number of ether oxygens (including phenoxy) is 2. The molecular weight excluding hydrogens is 336 g/mol. The Hall–Kier alpha value is -3.41. The number of ketones is 1. The minimum Gasteiger partial charge on any atom is -0.482 e. The smallest absolute Gasteiger partial charge is 0.349 e. The number of Topliss-reactive ketones (excluding diaryl/α,β-unsaturated/α-hetero) is 1. The van der Waals surface area contributed by atoms with E-state index in [1.807, 2.05) is 6.92 Å². The van der Waals surface area contributed by atoms with Gasteiger partial charge in [0.25, 0.3) is 0 Å². The molecule has 6 nitrogen and oxygen atoms in total. The highest BCUT2D eigenvalue weighted by Crippen LogP contribution is 2.22. The summed E-state index contributed by atoms with van der Waals surface area (Å²) in [6.07, 6.45) is 0. The first kappa shape index (κ1) is 17.4. The summed E-state index contributed by atoms with van der Waals surface area (Å²) in [7, 11) is 0. The summed E-state index contributed by atoms with van der Waals surface area (Å²) < 4.78 is 15.7. The van der Waals surface area contributed by atoms with E-state index < -0.39 is 11.6 Å². The summed E-state index contributed by atoms with van der Waals surface area (Å²) in [5, 5.41) is 0.796. The Labute approximate surface area is 149 Å². The standard InChI is InChI=1S/C20H16O6/c1-12-9-19(22)26-18-10-16(7-8-17(12)18)24-11-20(23)25-15-5-3-14(4-6-15)13(2)21/h3-10H,11H2,1-2H3. The third kappa shape index (κ3) is 3.97. The lowest BCUT2D eigenvalue weighted by Gasteiger charge is -2.08. The average Bonchev–Trinajstić information content (AvgIpc) is 2.60. The zero-order valence-electron chi connectivity index (χ0n) is 14.3. The van der Waals surface area contributed by atoms with Gasteiger partial charge in [-0.15, -0.1) is 0 Å². The van der Waals surface area contributed by atoms with Crippen molar-refractivity contribution in [1.29, 1.82) is 0 Å². The van der Waals surface area contributed by atoms with Gasteiger partial charge < -0.3 is 13.9 Å². The van der Waals surface area contributed by atoms with Crippen LogP contribution in [0.15, 0.2) is 57.7 Å². The molecule has 0 spiro atoms. The minimum atomic E-state index is -0.591. The first-order chi connectivity index (χ1) is 12.4. The van der Waals surface area contributed by atoms with Crippen molar-refractivity contribution in [2.75, 3.05) is 6.61 Å². The lowest BCUT2D eigenvalue weighted by Crippen LogP contribution is -2.17. The van der Waals surface area contributed by atoms with E-state index in [9.17, 15) is 14.4 Å². The van der Waals surface area contributed by atoms with Crippen molar-refractivity contribution in [3.63, 3.8) is 0 Å². The molecule has 1 aromatic heterocycles. The number of rotatable bonds is 5. The second kappa shape index (κ2) is 7.23. The lowest BCUT2D eigenvalue weighted by molar-refractivity contribution is -0.136. The number of benzene rings is 2. The van der Waals surface area contributed by atoms with Crippen LogP contribution in [0, 0.1) is 6.92 Å². The molecule has 0 saturated heterocycles. The fraction of sp³-hybridized carbons (Fsp3) is 0.150. The molecule has 0 N–H and O–H groups in total. The van der Waals surface area contributed by atoms with Crippen LogP contribution in [-0.2, 0) is 4.79 Å². The molecule has 132 valence electrons. The number of carbonyl (C=O) groups excluding carboxylic acids is 2. The van der Waals surface area contributed by atoms with E-state index >= 15 is 0 Å². The predicted molar refractivity (Wildman–Crippen MR) is 94.8 cm³/mol. The van der Waals surface area contributed by atoms with Gasteiger partial charge in [-0.25, -0.2) is 9.59 Å². The van der Waals surface area contributed by atoms with Gasteiger partial charge in [-0.1, -0.05) is 0 Å². The van der Waals surface area contributed by atoms with Crippen LogP contribution in [-0.4, -0.2) is 18.4 Å². The quantitative estimate of drug-likeness (QED) is 0.303. The molecule has 1 heterocycles. The average molecular weight is 352 g/mol. The third-order valence-electron chi connectivity index (χ3n) is 3.77. The summed E-state index contributed by atoms with van der Waals surface area (Å²) in [5.41, 5.74) is 1.28. The normalized spacial score (nSPS) is 10.5. The number of carbonyl (C=O) groups is 2. The summed E-state index contributed by atoms with van der Waals surface area (Å²) in [4.78, 5) is 34.6. The molecule has 0 aliphatic carbocycles. The number of hydrogen-bond donors (Lipinski definition) is 0. The molecule has 2 aromatic carbocycles. The SMILES string of the molecule is CC(=O)c1ccc(OC(=O)COc2ccc3c(C)cc(=O)oc3c2)cc1. The van der Waals surface area contributed by atoms with Gasteiger partial charge in [-0.05, 0) is 55.8 Å². The molecule has 0 bridgehead atoms. The Morgan fingerprint density at radius 3 is 2.38 bits per heavy atom. The van der Waals surface area contributed by atoms with Crippen molar-refractivity contribution < 1.29 is 23.5 Å². The van der Waals surface area contributed by atoms with Crippen molar-refractivity contribution in [3.05, 3.63) is 70.1 Å². The van der Waals surface area contributed by atoms with E-state index in [4.69, 9.17) is 13.9 Å². The van der Waals surface area contributed by atoms with Crippen LogP contribution in [0.5, 0.6) is 11.5 Å². The van der Waals surface area contributed by atoms with Crippen molar-refractivity contribution in [1.82, 2.24) is 0 Å². The molecule has 3 rings (SSSR count). The molecule has 0 fully saturated rings. The molecule has 26 heavy (non-hydrogen) atoms. The minimum absolute atomic E-state index is 0.0654. The van der Waals surface area contributed by atoms with Crippen LogP contribution in [0.25, 0.3) is 11.0 Å². The maximum absolute atomic E-state index is 11.9. The highest BCUT2D eigenvalue weighted by atomic mass is 16.6. The third-order valence-corrected chi connectivity index (χ3v) is 3.77. The zero-order chi connectivity index (χ0) is 18.7. The Bertz CT molecular complexity index is 1030. The number of aryl methyl sites for hydroxylation is 1. The van der Waals surface area contributed by atoms with E-state index in [-0.39, 0.29) is 12.4 Å². The van der Waals surface area contributed by atoms with E-state index in [2.05, 4.69) is 0 Å². The van der Waals surface area contributed by atoms with Crippen LogP contribution in [0.2, 0.25) is 0 Å². The second-order valence-electron chi connectivity index (χ2n) is 5.75. The van der Waals surface area contributed by atoms with Crippen molar-refractivity contribution in [3.8, 4) is 11.5 Å². The van der Waals surface area contributed by atoms with Gasteiger partial charge in [0, 0.05) is 23.1 Å². The monoisotopic (exact) mass is 352 g/mol. The lowest BCUT2D eigenvalue weighted by atomic mass is 10.1. The Morgan fingerprint density at radius 2 is 1.69 bits per heavy atom. The summed E-state index contributed by atoms with van der Waals surface area (Å²) in [6, 6.07) is 12.7. The largest absolute Gasteiger partial charge is 0.482 e. The Morgan fingerprint density at radius 1 is 1.00 bits per heavy atom. The molecule has 0 radical (unpaired) electrons. The van der Waals surface area contributed by atoms with Gasteiger partial charge in [-0.3, -0.25) is 4.79 Å². The van der Waals surface area contributed by atoms with Gasteiger partial charge in [0.2, 0.25) is 0 Å². The molecule has 0 saturated carbocycles. The van der Waals surface area contributed by atoms with E-state index in [0.29, 0.717) is 22.6 Å². The second-order valence-corrected chi connectivity index (χ2v) is 5.75. The highest BCUT2D eigenvalue weighted by Gasteiger charge is 2.09. The fourth-order valence-electron chi connectivity index (χ4n) is 2.46. The van der Waals surface area contributed by atoms with Gasteiger partial charge in [-0.2, -0.15) is 0 Å². The van der Waals surface area contributed by atoms with Crippen LogP contribution in [0.4, 0.5) is 0 Å². The van der Waals surface area contributed by atoms with E-state index in [1.54, 1.807) is 42.5 Å². The van der Waals surface area contributed by atoms with Crippen LogP contribution in [0.3, 0.4) is 0 Å². The molecule has 0 atom stereocenters. The first-order valence-electron chi connectivity index (χ1n) is 7.91. The molecule has 3 aromatic rings. The molecule has 6 heteroatoms. The molecule has 0 amide bonds. The van der Waals surface area contributed by atoms with Crippen LogP contribution in [0.1, 0.15) is 22.8 Å². The fourth-order valence-corrected chi connectivity index (χ4v) is 2.46. The maximum atomic E-state index is 11.9. The van der Waals surface area contributed by atoms with Crippen LogP contribution >= 0.6 is 0 Å². The van der Waals surface area contributed by atoms with Crippen molar-refractivity contribution in [2.24, 2.45) is 0 Å². The summed E-state index contributed by atoms with van der Waals surface area (Å²) in [5.74, 6) is 0.0506. The number of hydrogen-bond acceptors (Lipinski definition) is 6. The van der Waals surface area contributed by atoms with Crippen LogP contribution < -0.4 is 15.1 Å². The Kier molecular flexibility index (Phi) is 4.84. The maximum Gasteiger partial charge on any atom is 0.349 e. The van der Waals surface area contributed by atoms with Crippen molar-refractivity contribution >= 4 is 22.7 Å². The summed E-state index contributed by atoms with van der Waals surface area (Å²) >= 11 is 0. The van der Waals surface area contributed by atoms with Gasteiger partial charge >= 0.3 is 11.6 Å². The number of fused-ring (bicyclic) bond motifs is 1. The number of esters is 1. The summed E-state index contributed by atoms with van der Waals surface area (Å²) in [6.45, 7) is 2.96.